The van der Waals surface area contributed by atoms with E-state index in [0.717, 1.165) is 30.6 Å². The van der Waals surface area contributed by atoms with Crippen molar-refractivity contribution in [3.63, 3.8) is 0 Å². The third-order valence-electron chi connectivity index (χ3n) is 3.26. The molecule has 1 aliphatic heterocycles. The van der Waals surface area contributed by atoms with Crippen molar-refractivity contribution < 1.29 is 8.42 Å². The number of hydrogen-bond donors (Lipinski definition) is 0. The molecule has 0 bridgehead atoms. The second kappa shape index (κ2) is 5.39. The van der Waals surface area contributed by atoms with Crippen molar-refractivity contribution in [3.8, 4) is 6.07 Å². The zero-order valence-corrected chi connectivity index (χ0v) is 11.9. The van der Waals surface area contributed by atoms with Gasteiger partial charge in [0.15, 0.2) is 0 Å². The number of rotatable bonds is 2. The number of hydrogen-bond acceptors (Lipinski definition) is 4. The van der Waals surface area contributed by atoms with E-state index >= 15 is 0 Å². The summed E-state index contributed by atoms with van der Waals surface area (Å²) < 4.78 is 26.7. The van der Waals surface area contributed by atoms with Crippen molar-refractivity contribution in [1.29, 1.82) is 5.26 Å². The van der Waals surface area contributed by atoms with E-state index in [-0.39, 0.29) is 4.21 Å². The van der Waals surface area contributed by atoms with Gasteiger partial charge in [0.2, 0.25) is 0 Å². The van der Waals surface area contributed by atoms with Crippen LogP contribution < -0.4 is 0 Å². The average Bonchev–Trinajstić information content (AvgIpc) is 2.72. The van der Waals surface area contributed by atoms with Gasteiger partial charge in [-0.25, -0.2) is 8.42 Å². The van der Waals surface area contributed by atoms with Crippen molar-refractivity contribution in [1.82, 2.24) is 4.31 Å². The molecule has 2 rings (SSSR count). The normalized spacial score (nSPS) is 22.3. The second-order valence-corrected chi connectivity index (χ2v) is 7.92. The first-order valence-corrected chi connectivity index (χ1v) is 8.30. The van der Waals surface area contributed by atoms with Gasteiger partial charge < -0.3 is 0 Å². The van der Waals surface area contributed by atoms with Crippen molar-refractivity contribution in [2.24, 2.45) is 5.92 Å². The molecule has 6 heteroatoms. The maximum absolute atomic E-state index is 12.4. The molecule has 0 aromatic carbocycles. The van der Waals surface area contributed by atoms with E-state index in [1.165, 1.54) is 6.07 Å². The highest BCUT2D eigenvalue weighted by Crippen LogP contribution is 2.27. The Morgan fingerprint density at radius 3 is 2.83 bits per heavy atom. The maximum atomic E-state index is 12.4. The predicted octanol–water partition coefficient (Wildman–Crippen LogP) is 2.43. The van der Waals surface area contributed by atoms with Crippen molar-refractivity contribution in [2.75, 3.05) is 13.1 Å². The molecule has 18 heavy (non-hydrogen) atoms. The fourth-order valence-electron chi connectivity index (χ4n) is 2.12. The summed E-state index contributed by atoms with van der Waals surface area (Å²) in [5.74, 6) is 0.586. The molecule has 1 saturated heterocycles. The highest BCUT2D eigenvalue weighted by Gasteiger charge is 2.27. The van der Waals surface area contributed by atoms with Gasteiger partial charge in [-0.3, -0.25) is 0 Å². The van der Waals surface area contributed by atoms with Crippen LogP contribution >= 0.6 is 11.3 Å². The van der Waals surface area contributed by atoms with Crippen LogP contribution in [0.3, 0.4) is 0 Å². The Morgan fingerprint density at radius 1 is 1.39 bits per heavy atom. The summed E-state index contributed by atoms with van der Waals surface area (Å²) in [4.78, 5) is 0.441. The van der Waals surface area contributed by atoms with Crippen LogP contribution in [0.2, 0.25) is 0 Å². The van der Waals surface area contributed by atoms with Crippen LogP contribution in [0.15, 0.2) is 16.3 Å². The minimum Gasteiger partial charge on any atom is -0.206 e. The molecule has 0 aliphatic carbocycles. The second-order valence-electron chi connectivity index (χ2n) is 4.67. The summed E-state index contributed by atoms with van der Waals surface area (Å²) in [7, 11) is -3.40. The fraction of sp³-hybridized carbons (Fsp3) is 0.583. The predicted molar refractivity (Wildman–Crippen MR) is 70.8 cm³/mol. The summed E-state index contributed by atoms with van der Waals surface area (Å²) in [6.07, 6.45) is 2.91. The first-order chi connectivity index (χ1) is 8.54. The topological polar surface area (TPSA) is 61.2 Å². The largest absolute Gasteiger partial charge is 0.252 e. The number of nitrogens with zero attached hydrogens (tertiary/aromatic N) is 2. The van der Waals surface area contributed by atoms with E-state index in [4.69, 9.17) is 5.26 Å². The van der Waals surface area contributed by atoms with Crippen LogP contribution in [-0.4, -0.2) is 25.8 Å². The molecule has 1 atom stereocenters. The Balaban J connectivity index is 2.22. The monoisotopic (exact) mass is 284 g/mol. The molecule has 1 aliphatic rings. The van der Waals surface area contributed by atoms with E-state index in [2.05, 4.69) is 6.92 Å². The van der Waals surface area contributed by atoms with Crippen molar-refractivity contribution in [2.45, 2.75) is 30.4 Å². The first kappa shape index (κ1) is 13.5. The number of nitriles is 1. The van der Waals surface area contributed by atoms with Gasteiger partial charge in [-0.2, -0.15) is 9.57 Å². The van der Waals surface area contributed by atoms with Gasteiger partial charge in [0.05, 0.1) is 0 Å². The zero-order chi connectivity index (χ0) is 13.2. The zero-order valence-electron chi connectivity index (χ0n) is 10.3. The van der Waals surface area contributed by atoms with Gasteiger partial charge in [0.25, 0.3) is 10.0 Å². The molecule has 1 aromatic heterocycles. The average molecular weight is 284 g/mol. The molecule has 1 aromatic rings. The molecule has 2 heterocycles. The van der Waals surface area contributed by atoms with Crippen LogP contribution in [0, 0.1) is 17.2 Å². The standard InChI is InChI=1S/C12H16N2O2S2/c1-10-3-2-7-14(8-6-10)18(15,16)12-5-4-11(9-13)17-12/h4-5,10H,2-3,6-8H2,1H3. The van der Waals surface area contributed by atoms with E-state index in [0.29, 0.717) is 23.9 Å². The molecule has 1 fully saturated rings. The van der Waals surface area contributed by atoms with Gasteiger partial charge in [0, 0.05) is 13.1 Å². The highest BCUT2D eigenvalue weighted by molar-refractivity contribution is 7.91. The van der Waals surface area contributed by atoms with E-state index in [9.17, 15) is 8.42 Å². The third kappa shape index (κ3) is 2.74. The number of sulfonamides is 1. The summed E-state index contributed by atoms with van der Waals surface area (Å²) in [5, 5.41) is 8.76. The van der Waals surface area contributed by atoms with Gasteiger partial charge in [0.1, 0.15) is 15.2 Å². The minimum absolute atomic E-state index is 0.286. The van der Waals surface area contributed by atoms with Gasteiger partial charge in [-0.05, 0) is 37.3 Å². The van der Waals surface area contributed by atoms with Gasteiger partial charge >= 0.3 is 0 Å². The molecule has 0 amide bonds. The SMILES string of the molecule is CC1CCCN(S(=O)(=O)c2ccc(C#N)s2)CC1. The molecule has 4 nitrogen and oxygen atoms in total. The van der Waals surface area contributed by atoms with Gasteiger partial charge in [-0.1, -0.05) is 6.92 Å². The van der Waals surface area contributed by atoms with Crippen LogP contribution in [0.25, 0.3) is 0 Å². The summed E-state index contributed by atoms with van der Waals surface area (Å²) in [6, 6.07) is 5.08. The quantitative estimate of drug-likeness (QED) is 0.838. The lowest BCUT2D eigenvalue weighted by molar-refractivity contribution is 0.418. The summed E-state index contributed by atoms with van der Waals surface area (Å²) in [6.45, 7) is 3.34. The molecule has 0 N–H and O–H groups in total. The third-order valence-corrected chi connectivity index (χ3v) is 6.62. The molecule has 0 spiro atoms. The molecule has 0 radical (unpaired) electrons. The molecule has 0 saturated carbocycles. The Morgan fingerprint density at radius 2 is 2.17 bits per heavy atom. The first-order valence-electron chi connectivity index (χ1n) is 6.04. The van der Waals surface area contributed by atoms with Gasteiger partial charge in [-0.15, -0.1) is 11.3 Å². The summed E-state index contributed by atoms with van der Waals surface area (Å²) >= 11 is 1.05. The van der Waals surface area contributed by atoms with E-state index < -0.39 is 10.0 Å². The lowest BCUT2D eigenvalue weighted by Crippen LogP contribution is -2.31. The van der Waals surface area contributed by atoms with Crippen molar-refractivity contribution >= 4 is 21.4 Å². The molecule has 1 unspecified atom stereocenters. The lowest BCUT2D eigenvalue weighted by Gasteiger charge is -2.18. The van der Waals surface area contributed by atoms with Crippen LogP contribution in [0.4, 0.5) is 0 Å². The highest BCUT2D eigenvalue weighted by atomic mass is 32.2. The van der Waals surface area contributed by atoms with E-state index in [1.807, 2.05) is 6.07 Å². The fourth-order valence-corrected chi connectivity index (χ4v) is 4.87. The minimum atomic E-state index is -3.40. The van der Waals surface area contributed by atoms with Crippen LogP contribution in [0.1, 0.15) is 31.1 Å². The van der Waals surface area contributed by atoms with Crippen LogP contribution in [0.5, 0.6) is 0 Å². The Labute approximate surface area is 112 Å². The smallest absolute Gasteiger partial charge is 0.206 e. The van der Waals surface area contributed by atoms with Crippen molar-refractivity contribution in [3.05, 3.63) is 17.0 Å². The van der Waals surface area contributed by atoms with Crippen LogP contribution in [-0.2, 0) is 10.0 Å². The maximum Gasteiger partial charge on any atom is 0.252 e. The Hall–Kier alpha value is -0.900. The Bertz CT molecular complexity index is 557. The molecular formula is C12H16N2O2S2. The number of thiophene rings is 1. The summed E-state index contributed by atoms with van der Waals surface area (Å²) in [5.41, 5.74) is 0. The Kier molecular flexibility index (Phi) is 4.05. The lowest BCUT2D eigenvalue weighted by atomic mass is 10.0. The van der Waals surface area contributed by atoms with E-state index in [1.54, 1.807) is 10.4 Å². The molecular weight excluding hydrogens is 268 g/mol. The molecule has 98 valence electrons.